The van der Waals surface area contributed by atoms with Crippen LogP contribution in [0.15, 0.2) is 41.5 Å². The third-order valence-electron chi connectivity index (χ3n) is 4.39. The molecule has 0 fully saturated rings. The molecule has 126 valence electrons. The van der Waals surface area contributed by atoms with E-state index < -0.39 is 22.2 Å². The third kappa shape index (κ3) is 2.18. The van der Waals surface area contributed by atoms with Crippen LogP contribution in [0.5, 0.6) is 0 Å². The van der Waals surface area contributed by atoms with E-state index in [4.69, 9.17) is 11.6 Å². The second kappa shape index (κ2) is 5.25. The lowest BCUT2D eigenvalue weighted by molar-refractivity contribution is -0.383. The number of nitrogens with one attached hydrogen (secondary N) is 2. The maximum absolute atomic E-state index is 13.3. The van der Waals surface area contributed by atoms with Gasteiger partial charge in [-0.05, 0) is 17.7 Å². The zero-order chi connectivity index (χ0) is 17.8. The largest absolute Gasteiger partial charge is 0.318 e. The van der Waals surface area contributed by atoms with Crippen LogP contribution in [0.3, 0.4) is 0 Å². The van der Waals surface area contributed by atoms with E-state index in [9.17, 15) is 19.3 Å². The Labute approximate surface area is 145 Å². The van der Waals surface area contributed by atoms with E-state index >= 15 is 0 Å². The lowest BCUT2D eigenvalue weighted by atomic mass is 9.86. The lowest BCUT2D eigenvalue weighted by Gasteiger charge is -2.20. The number of halogens is 2. The molecule has 2 aliphatic heterocycles. The molecule has 1 amide bonds. The van der Waals surface area contributed by atoms with Gasteiger partial charge in [0, 0.05) is 18.1 Å². The molecular formula is C16H10ClFN4O3. The van der Waals surface area contributed by atoms with Crippen molar-refractivity contribution in [3.8, 4) is 0 Å². The summed E-state index contributed by atoms with van der Waals surface area (Å²) >= 11 is 5.80. The molecule has 2 aliphatic rings. The normalized spacial score (nSPS) is 20.9. The number of hydrogen-bond donors (Lipinski definition) is 2. The number of fused-ring (bicyclic) bond motifs is 2. The lowest BCUT2D eigenvalue weighted by Crippen LogP contribution is -2.42. The van der Waals surface area contributed by atoms with Crippen LogP contribution >= 0.6 is 11.6 Å². The molecule has 7 nitrogen and oxygen atoms in total. The van der Waals surface area contributed by atoms with Crippen LogP contribution in [-0.4, -0.2) is 16.5 Å². The van der Waals surface area contributed by atoms with Crippen LogP contribution in [0.1, 0.15) is 17.5 Å². The first-order valence-electron chi connectivity index (χ1n) is 7.31. The minimum absolute atomic E-state index is 0.0481. The standard InChI is InChI=1S/C16H10ClFN4O3/c17-10-6-8(4-5-11(10)18)12-7-16(21-20-12)9-2-1-3-13(22(24)25)14(9)19-15(16)23/h1-6,21H,7H2,(H,19,23)/t16-/m1/s1. The van der Waals surface area contributed by atoms with E-state index in [-0.39, 0.29) is 22.8 Å². The van der Waals surface area contributed by atoms with E-state index in [1.807, 2.05) is 0 Å². The Bertz CT molecular complexity index is 978. The number of para-hydroxylation sites is 1. The zero-order valence-corrected chi connectivity index (χ0v) is 13.3. The molecule has 0 aliphatic carbocycles. The van der Waals surface area contributed by atoms with Gasteiger partial charge in [0.1, 0.15) is 11.5 Å². The highest BCUT2D eigenvalue weighted by Crippen LogP contribution is 2.45. The summed E-state index contributed by atoms with van der Waals surface area (Å²) in [7, 11) is 0. The maximum Gasteiger partial charge on any atom is 0.293 e. The van der Waals surface area contributed by atoms with Crippen LogP contribution in [-0.2, 0) is 10.3 Å². The van der Waals surface area contributed by atoms with Gasteiger partial charge >= 0.3 is 0 Å². The Balaban J connectivity index is 1.75. The predicted octanol–water partition coefficient (Wildman–Crippen LogP) is 2.93. The number of nitro groups is 1. The van der Waals surface area contributed by atoms with Gasteiger partial charge in [-0.15, -0.1) is 0 Å². The van der Waals surface area contributed by atoms with E-state index in [1.54, 1.807) is 6.07 Å². The van der Waals surface area contributed by atoms with Crippen molar-refractivity contribution in [3.05, 3.63) is 68.5 Å². The van der Waals surface area contributed by atoms with E-state index in [2.05, 4.69) is 15.8 Å². The fourth-order valence-corrected chi connectivity index (χ4v) is 3.32. The smallest absolute Gasteiger partial charge is 0.293 e. The van der Waals surface area contributed by atoms with Crippen molar-refractivity contribution in [1.29, 1.82) is 0 Å². The van der Waals surface area contributed by atoms with Gasteiger partial charge < -0.3 is 5.32 Å². The molecule has 0 aromatic heterocycles. The Hall–Kier alpha value is -3.00. The number of carbonyl (C=O) groups excluding carboxylic acids is 1. The molecule has 9 heteroatoms. The van der Waals surface area contributed by atoms with Crippen LogP contribution in [0, 0.1) is 15.9 Å². The van der Waals surface area contributed by atoms with E-state index in [0.717, 1.165) is 0 Å². The number of amides is 1. The highest BCUT2D eigenvalue weighted by atomic mass is 35.5. The van der Waals surface area contributed by atoms with Gasteiger partial charge in [0.2, 0.25) is 0 Å². The molecular weight excluding hydrogens is 351 g/mol. The van der Waals surface area contributed by atoms with Gasteiger partial charge in [-0.2, -0.15) is 5.10 Å². The van der Waals surface area contributed by atoms with E-state index in [0.29, 0.717) is 16.8 Å². The third-order valence-corrected chi connectivity index (χ3v) is 4.68. The van der Waals surface area contributed by atoms with E-state index in [1.165, 1.54) is 30.3 Å². The Kier molecular flexibility index (Phi) is 3.26. The quantitative estimate of drug-likeness (QED) is 0.635. The average Bonchev–Trinajstić information content (AvgIpc) is 3.14. The Morgan fingerprint density at radius 1 is 1.32 bits per heavy atom. The Morgan fingerprint density at radius 2 is 2.12 bits per heavy atom. The van der Waals surface area contributed by atoms with Gasteiger partial charge in [-0.1, -0.05) is 29.8 Å². The minimum Gasteiger partial charge on any atom is -0.318 e. The van der Waals surface area contributed by atoms with Crippen molar-refractivity contribution in [3.63, 3.8) is 0 Å². The molecule has 1 spiro atoms. The number of carbonyl (C=O) groups is 1. The maximum atomic E-state index is 13.3. The number of anilines is 1. The summed E-state index contributed by atoms with van der Waals surface area (Å²) in [6.45, 7) is 0. The SMILES string of the molecule is O=C1Nc2c([N+](=O)[O-])cccc2[C@]12CC(c1ccc(F)c(Cl)c1)=NN2. The van der Waals surface area contributed by atoms with Crippen molar-refractivity contribution >= 4 is 34.6 Å². The van der Waals surface area contributed by atoms with Gasteiger partial charge in [0.25, 0.3) is 11.6 Å². The summed E-state index contributed by atoms with van der Waals surface area (Å²) in [4.78, 5) is 23.2. The molecule has 2 aromatic rings. The second-order valence-electron chi connectivity index (χ2n) is 5.79. The first-order valence-corrected chi connectivity index (χ1v) is 7.69. The van der Waals surface area contributed by atoms with Crippen molar-refractivity contribution < 1.29 is 14.1 Å². The molecule has 2 heterocycles. The van der Waals surface area contributed by atoms with Crippen molar-refractivity contribution in [1.82, 2.24) is 5.43 Å². The zero-order valence-electron chi connectivity index (χ0n) is 12.5. The number of hydrazone groups is 1. The summed E-state index contributed by atoms with van der Waals surface area (Å²) in [5.74, 6) is -0.977. The van der Waals surface area contributed by atoms with Crippen molar-refractivity contribution in [2.24, 2.45) is 5.10 Å². The minimum atomic E-state index is -1.22. The van der Waals surface area contributed by atoms with Crippen LogP contribution in [0.2, 0.25) is 5.02 Å². The summed E-state index contributed by atoms with van der Waals surface area (Å²) in [6.07, 6.45) is 0.162. The number of rotatable bonds is 2. The topological polar surface area (TPSA) is 96.6 Å². The molecule has 0 saturated carbocycles. The van der Waals surface area contributed by atoms with Gasteiger partial charge in [-0.25, -0.2) is 4.39 Å². The molecule has 0 saturated heterocycles. The average molecular weight is 361 g/mol. The fourth-order valence-electron chi connectivity index (χ4n) is 3.14. The number of benzene rings is 2. The second-order valence-corrected chi connectivity index (χ2v) is 6.20. The summed E-state index contributed by atoms with van der Waals surface area (Å²) in [5, 5.41) is 17.9. The van der Waals surface area contributed by atoms with Gasteiger partial charge in [-0.3, -0.25) is 20.3 Å². The number of hydrogen-bond acceptors (Lipinski definition) is 5. The van der Waals surface area contributed by atoms with Gasteiger partial charge in [0.15, 0.2) is 5.54 Å². The van der Waals surface area contributed by atoms with Crippen molar-refractivity contribution in [2.75, 3.05) is 5.32 Å². The molecule has 0 unspecified atom stereocenters. The van der Waals surface area contributed by atoms with Crippen LogP contribution < -0.4 is 10.7 Å². The molecule has 0 radical (unpaired) electrons. The monoisotopic (exact) mass is 360 g/mol. The molecule has 2 N–H and O–H groups in total. The Morgan fingerprint density at radius 3 is 2.84 bits per heavy atom. The number of nitrogens with zero attached hydrogens (tertiary/aromatic N) is 2. The molecule has 25 heavy (non-hydrogen) atoms. The van der Waals surface area contributed by atoms with Crippen LogP contribution in [0.25, 0.3) is 0 Å². The van der Waals surface area contributed by atoms with Crippen molar-refractivity contribution in [2.45, 2.75) is 12.0 Å². The molecule has 2 aromatic carbocycles. The highest BCUT2D eigenvalue weighted by Gasteiger charge is 2.52. The summed E-state index contributed by atoms with van der Waals surface area (Å²) in [6, 6.07) is 8.66. The predicted molar refractivity (Wildman–Crippen MR) is 89.1 cm³/mol. The molecule has 0 bridgehead atoms. The highest BCUT2D eigenvalue weighted by molar-refractivity contribution is 6.31. The summed E-state index contributed by atoms with van der Waals surface area (Å²) in [5.41, 5.74) is 3.11. The summed E-state index contributed by atoms with van der Waals surface area (Å²) < 4.78 is 13.3. The van der Waals surface area contributed by atoms with Gasteiger partial charge in [0.05, 0.1) is 15.7 Å². The van der Waals surface area contributed by atoms with Crippen LogP contribution in [0.4, 0.5) is 15.8 Å². The fraction of sp³-hybridized carbons (Fsp3) is 0.125. The molecule has 1 atom stereocenters. The first kappa shape index (κ1) is 15.5. The molecule has 4 rings (SSSR count). The first-order chi connectivity index (χ1) is 11.9. The number of nitro benzene ring substituents is 1.